The second-order valence-electron chi connectivity index (χ2n) is 5.48. The molecule has 0 bridgehead atoms. The lowest BCUT2D eigenvalue weighted by Crippen LogP contribution is -2.31. The van der Waals surface area contributed by atoms with Crippen LogP contribution >= 0.6 is 0 Å². The van der Waals surface area contributed by atoms with Crippen LogP contribution in [0.2, 0.25) is 0 Å². The Morgan fingerprint density at radius 1 is 1.24 bits per heavy atom. The minimum atomic E-state index is 0.227. The van der Waals surface area contributed by atoms with Crippen LogP contribution in [0.5, 0.6) is 0 Å². The van der Waals surface area contributed by atoms with Gasteiger partial charge in [0.15, 0.2) is 0 Å². The molecule has 1 aliphatic carbocycles. The molecule has 0 aliphatic heterocycles. The Labute approximate surface area is 106 Å². The van der Waals surface area contributed by atoms with E-state index in [4.69, 9.17) is 5.73 Å². The SMILES string of the molecule is CCCCCCCC(=O)NCC1(CCN)CC1. The van der Waals surface area contributed by atoms with Crippen LogP contribution in [0.25, 0.3) is 0 Å². The van der Waals surface area contributed by atoms with E-state index in [1.54, 1.807) is 0 Å². The Balaban J connectivity index is 1.98. The van der Waals surface area contributed by atoms with Gasteiger partial charge in [-0.2, -0.15) is 0 Å². The number of hydrogen-bond acceptors (Lipinski definition) is 2. The predicted octanol–water partition coefficient (Wildman–Crippen LogP) is 2.59. The maximum Gasteiger partial charge on any atom is 0.220 e. The molecule has 1 rings (SSSR count). The van der Waals surface area contributed by atoms with Crippen molar-refractivity contribution in [3.63, 3.8) is 0 Å². The van der Waals surface area contributed by atoms with Gasteiger partial charge in [0, 0.05) is 13.0 Å². The lowest BCUT2D eigenvalue weighted by molar-refractivity contribution is -0.121. The van der Waals surface area contributed by atoms with Crippen molar-refractivity contribution >= 4 is 5.91 Å². The molecule has 3 heteroatoms. The number of hydrogen-bond donors (Lipinski definition) is 2. The summed E-state index contributed by atoms with van der Waals surface area (Å²) >= 11 is 0. The van der Waals surface area contributed by atoms with E-state index >= 15 is 0 Å². The molecule has 0 spiro atoms. The predicted molar refractivity (Wildman–Crippen MR) is 71.7 cm³/mol. The van der Waals surface area contributed by atoms with Crippen LogP contribution in [0.4, 0.5) is 0 Å². The minimum Gasteiger partial charge on any atom is -0.356 e. The molecule has 0 aromatic carbocycles. The van der Waals surface area contributed by atoms with Crippen molar-refractivity contribution in [1.29, 1.82) is 0 Å². The van der Waals surface area contributed by atoms with E-state index < -0.39 is 0 Å². The average Bonchev–Trinajstić information content (AvgIpc) is 3.07. The second kappa shape index (κ2) is 7.70. The summed E-state index contributed by atoms with van der Waals surface area (Å²) in [6.07, 6.45) is 10.3. The zero-order valence-electron chi connectivity index (χ0n) is 11.3. The molecule has 3 nitrogen and oxygen atoms in total. The van der Waals surface area contributed by atoms with Gasteiger partial charge >= 0.3 is 0 Å². The third-order valence-electron chi connectivity index (χ3n) is 3.80. The van der Waals surface area contributed by atoms with Gasteiger partial charge in [-0.05, 0) is 37.6 Å². The van der Waals surface area contributed by atoms with Crippen LogP contribution in [-0.2, 0) is 4.79 Å². The zero-order chi connectivity index (χ0) is 12.6. The lowest BCUT2D eigenvalue weighted by Gasteiger charge is -2.14. The van der Waals surface area contributed by atoms with Crippen molar-refractivity contribution in [3.05, 3.63) is 0 Å². The normalized spacial score (nSPS) is 16.8. The molecule has 0 saturated heterocycles. The summed E-state index contributed by atoms with van der Waals surface area (Å²) in [7, 11) is 0. The highest BCUT2D eigenvalue weighted by molar-refractivity contribution is 5.75. The molecule has 0 unspecified atom stereocenters. The first-order valence-corrected chi connectivity index (χ1v) is 7.19. The highest BCUT2D eigenvalue weighted by Gasteiger charge is 2.41. The minimum absolute atomic E-state index is 0.227. The molecular formula is C14H28N2O. The van der Waals surface area contributed by atoms with Crippen LogP contribution in [-0.4, -0.2) is 19.0 Å². The van der Waals surface area contributed by atoms with Gasteiger partial charge in [-0.25, -0.2) is 0 Å². The van der Waals surface area contributed by atoms with Crippen LogP contribution in [0.15, 0.2) is 0 Å². The second-order valence-corrected chi connectivity index (χ2v) is 5.48. The summed E-state index contributed by atoms with van der Waals surface area (Å²) in [5.41, 5.74) is 5.94. The van der Waals surface area contributed by atoms with Crippen molar-refractivity contribution < 1.29 is 4.79 Å². The van der Waals surface area contributed by atoms with Crippen molar-refractivity contribution in [3.8, 4) is 0 Å². The topological polar surface area (TPSA) is 55.1 Å². The third-order valence-corrected chi connectivity index (χ3v) is 3.80. The average molecular weight is 240 g/mol. The van der Waals surface area contributed by atoms with Gasteiger partial charge < -0.3 is 11.1 Å². The van der Waals surface area contributed by atoms with Gasteiger partial charge in [0.05, 0.1) is 0 Å². The summed E-state index contributed by atoms with van der Waals surface area (Å²) in [6, 6.07) is 0. The summed E-state index contributed by atoms with van der Waals surface area (Å²) in [5.74, 6) is 0.227. The molecule has 100 valence electrons. The maximum atomic E-state index is 11.6. The molecule has 17 heavy (non-hydrogen) atoms. The molecule has 1 saturated carbocycles. The van der Waals surface area contributed by atoms with E-state index in [2.05, 4.69) is 12.2 Å². The molecule has 0 atom stereocenters. The molecule has 1 aliphatic rings. The molecule has 0 heterocycles. The summed E-state index contributed by atoms with van der Waals surface area (Å²) < 4.78 is 0. The Hall–Kier alpha value is -0.570. The van der Waals surface area contributed by atoms with E-state index in [1.165, 1.54) is 38.5 Å². The Bertz CT molecular complexity index is 224. The number of nitrogens with two attached hydrogens (primary N) is 1. The van der Waals surface area contributed by atoms with Crippen molar-refractivity contribution in [1.82, 2.24) is 5.32 Å². The molecule has 1 amide bonds. The quantitative estimate of drug-likeness (QED) is 0.577. The molecule has 0 aromatic heterocycles. The van der Waals surface area contributed by atoms with Crippen molar-refractivity contribution in [2.24, 2.45) is 11.1 Å². The van der Waals surface area contributed by atoms with Crippen LogP contribution in [0.3, 0.4) is 0 Å². The van der Waals surface area contributed by atoms with Gasteiger partial charge in [0.1, 0.15) is 0 Å². The van der Waals surface area contributed by atoms with Gasteiger partial charge in [0.25, 0.3) is 0 Å². The van der Waals surface area contributed by atoms with E-state index in [0.717, 1.165) is 25.9 Å². The van der Waals surface area contributed by atoms with Gasteiger partial charge in [0.2, 0.25) is 5.91 Å². The monoisotopic (exact) mass is 240 g/mol. The van der Waals surface area contributed by atoms with Gasteiger partial charge in [-0.3, -0.25) is 4.79 Å². The van der Waals surface area contributed by atoms with E-state index in [9.17, 15) is 4.79 Å². The van der Waals surface area contributed by atoms with Crippen LogP contribution in [0.1, 0.15) is 64.7 Å². The Kier molecular flexibility index (Phi) is 6.56. The first-order chi connectivity index (χ1) is 8.22. The first-order valence-electron chi connectivity index (χ1n) is 7.19. The first kappa shape index (κ1) is 14.5. The van der Waals surface area contributed by atoms with Gasteiger partial charge in [-0.1, -0.05) is 32.6 Å². The lowest BCUT2D eigenvalue weighted by atomic mass is 10.0. The summed E-state index contributed by atoms with van der Waals surface area (Å²) in [5, 5.41) is 3.07. The fourth-order valence-corrected chi connectivity index (χ4v) is 2.26. The van der Waals surface area contributed by atoms with E-state index in [1.807, 2.05) is 0 Å². The summed E-state index contributed by atoms with van der Waals surface area (Å²) in [4.78, 5) is 11.6. The van der Waals surface area contributed by atoms with Crippen molar-refractivity contribution in [2.75, 3.05) is 13.1 Å². The largest absolute Gasteiger partial charge is 0.356 e. The highest BCUT2D eigenvalue weighted by atomic mass is 16.1. The fourth-order valence-electron chi connectivity index (χ4n) is 2.26. The molecule has 3 N–H and O–H groups in total. The molecule has 0 aromatic rings. The molecular weight excluding hydrogens is 212 g/mol. The number of nitrogens with one attached hydrogen (secondary N) is 1. The summed E-state index contributed by atoms with van der Waals surface area (Å²) in [6.45, 7) is 3.80. The third kappa shape index (κ3) is 6.06. The smallest absolute Gasteiger partial charge is 0.220 e. The molecule has 1 fully saturated rings. The highest BCUT2D eigenvalue weighted by Crippen LogP contribution is 2.47. The number of carbonyl (C=O) groups is 1. The van der Waals surface area contributed by atoms with Crippen LogP contribution in [0, 0.1) is 5.41 Å². The van der Waals surface area contributed by atoms with Crippen molar-refractivity contribution in [2.45, 2.75) is 64.7 Å². The Morgan fingerprint density at radius 2 is 1.94 bits per heavy atom. The zero-order valence-corrected chi connectivity index (χ0v) is 11.3. The molecule has 0 radical (unpaired) electrons. The number of carbonyl (C=O) groups excluding carboxylic acids is 1. The number of amides is 1. The van der Waals surface area contributed by atoms with E-state index in [0.29, 0.717) is 11.8 Å². The number of rotatable bonds is 10. The Morgan fingerprint density at radius 3 is 2.53 bits per heavy atom. The van der Waals surface area contributed by atoms with Crippen LogP contribution < -0.4 is 11.1 Å². The standard InChI is InChI=1S/C14H28N2O/c1-2-3-4-5-6-7-13(17)16-12-14(8-9-14)10-11-15/h2-12,15H2,1H3,(H,16,17). The van der Waals surface area contributed by atoms with Gasteiger partial charge in [-0.15, -0.1) is 0 Å². The fraction of sp³-hybridized carbons (Fsp3) is 0.929. The van der Waals surface area contributed by atoms with E-state index in [-0.39, 0.29) is 5.91 Å². The number of unbranched alkanes of at least 4 members (excludes halogenated alkanes) is 4. The maximum absolute atomic E-state index is 11.6.